The zero-order chi connectivity index (χ0) is 13.7. The third-order valence-electron chi connectivity index (χ3n) is 4.55. The molecule has 0 aromatic carbocycles. The van der Waals surface area contributed by atoms with Gasteiger partial charge in [-0.1, -0.05) is 38.2 Å². The first-order chi connectivity index (χ1) is 9.17. The molecule has 19 heavy (non-hydrogen) atoms. The Morgan fingerprint density at radius 2 is 1.63 bits per heavy atom. The van der Waals surface area contributed by atoms with Crippen molar-refractivity contribution < 1.29 is 9.72 Å². The zero-order valence-electron chi connectivity index (χ0n) is 11.5. The smallest absolute Gasteiger partial charge is 0.283 e. The highest BCUT2D eigenvalue weighted by Gasteiger charge is 2.51. The van der Waals surface area contributed by atoms with Gasteiger partial charge in [-0.2, -0.15) is 0 Å². The summed E-state index contributed by atoms with van der Waals surface area (Å²) in [5.74, 6) is -0.190. The Kier molecular flexibility index (Phi) is 4.72. The molecule has 0 radical (unpaired) electrons. The van der Waals surface area contributed by atoms with Crippen molar-refractivity contribution in [2.75, 3.05) is 0 Å². The van der Waals surface area contributed by atoms with Crippen LogP contribution in [0.3, 0.4) is 0 Å². The van der Waals surface area contributed by atoms with Crippen LogP contribution in [0, 0.1) is 10.1 Å². The van der Waals surface area contributed by atoms with Gasteiger partial charge in [0.25, 0.3) is 5.54 Å². The van der Waals surface area contributed by atoms with Crippen LogP contribution in [0.25, 0.3) is 0 Å². The van der Waals surface area contributed by atoms with Crippen LogP contribution < -0.4 is 0 Å². The molecule has 0 saturated heterocycles. The monoisotopic (exact) mass is 265 g/mol. The Balaban J connectivity index is 2.20. The fourth-order valence-electron chi connectivity index (χ4n) is 3.33. The third kappa shape index (κ3) is 3.04. The number of nitrogens with zero attached hydrogens (tertiary/aromatic N) is 1. The van der Waals surface area contributed by atoms with Gasteiger partial charge in [0.15, 0.2) is 0 Å². The lowest BCUT2D eigenvalue weighted by Gasteiger charge is -2.28. The standard InChI is InChI=1S/C15H23NO3/c17-14-13-9-6-4-2-1-3-5-7-11-15(14,16(18)19)12-8-10-13/h10H,1-9,11-12H2. The Hall–Kier alpha value is -1.19. The number of fused-ring (bicyclic) bond motifs is 2. The number of Topliss-reactive ketones (excluding diaryl/α,β-unsaturated/α-hetero) is 1. The maximum absolute atomic E-state index is 12.5. The Morgan fingerprint density at radius 3 is 2.32 bits per heavy atom. The lowest BCUT2D eigenvalue weighted by Crippen LogP contribution is -2.48. The Morgan fingerprint density at radius 1 is 1.00 bits per heavy atom. The molecule has 0 heterocycles. The maximum Gasteiger partial charge on any atom is 0.283 e. The maximum atomic E-state index is 12.5. The van der Waals surface area contributed by atoms with Gasteiger partial charge in [0.1, 0.15) is 0 Å². The molecule has 2 rings (SSSR count). The second-order valence-electron chi connectivity index (χ2n) is 5.86. The van der Waals surface area contributed by atoms with Crippen LogP contribution in [-0.2, 0) is 4.79 Å². The molecule has 0 amide bonds. The van der Waals surface area contributed by atoms with Crippen molar-refractivity contribution in [2.24, 2.45) is 0 Å². The lowest BCUT2D eigenvalue weighted by molar-refractivity contribution is -0.554. The van der Waals surface area contributed by atoms with Crippen molar-refractivity contribution in [2.45, 2.75) is 76.2 Å². The highest BCUT2D eigenvalue weighted by Crippen LogP contribution is 2.35. The van der Waals surface area contributed by atoms with Crippen LogP contribution in [0.2, 0.25) is 0 Å². The van der Waals surface area contributed by atoms with Crippen LogP contribution in [0.1, 0.15) is 70.6 Å². The van der Waals surface area contributed by atoms with Gasteiger partial charge in [0.2, 0.25) is 5.78 Å². The Bertz CT molecular complexity index is 389. The van der Waals surface area contributed by atoms with Crippen molar-refractivity contribution >= 4 is 5.78 Å². The second kappa shape index (κ2) is 6.31. The van der Waals surface area contributed by atoms with E-state index in [1.165, 1.54) is 12.8 Å². The summed E-state index contributed by atoms with van der Waals surface area (Å²) in [6, 6.07) is 0. The summed E-state index contributed by atoms with van der Waals surface area (Å²) in [6.07, 6.45) is 11.7. The van der Waals surface area contributed by atoms with Crippen LogP contribution in [0.4, 0.5) is 0 Å². The van der Waals surface area contributed by atoms with E-state index in [-0.39, 0.29) is 10.7 Å². The third-order valence-corrected chi connectivity index (χ3v) is 4.55. The van der Waals surface area contributed by atoms with Crippen molar-refractivity contribution in [3.8, 4) is 0 Å². The minimum atomic E-state index is -1.30. The number of carbonyl (C=O) groups excluding carboxylic acids is 1. The fourth-order valence-corrected chi connectivity index (χ4v) is 3.33. The van der Waals surface area contributed by atoms with E-state index in [2.05, 4.69) is 0 Å². The van der Waals surface area contributed by atoms with Crippen molar-refractivity contribution in [1.82, 2.24) is 0 Å². The molecule has 1 atom stereocenters. The number of nitro groups is 1. The van der Waals surface area contributed by atoms with E-state index >= 15 is 0 Å². The van der Waals surface area contributed by atoms with Gasteiger partial charge >= 0.3 is 0 Å². The first kappa shape index (κ1) is 14.2. The molecule has 2 aliphatic carbocycles. The van der Waals surface area contributed by atoms with E-state index in [0.29, 0.717) is 19.3 Å². The normalized spacial score (nSPS) is 29.9. The van der Waals surface area contributed by atoms with E-state index < -0.39 is 5.54 Å². The summed E-state index contributed by atoms with van der Waals surface area (Å²) in [7, 11) is 0. The summed E-state index contributed by atoms with van der Waals surface area (Å²) in [4.78, 5) is 23.7. The lowest BCUT2D eigenvalue weighted by atomic mass is 9.75. The number of ketones is 1. The molecule has 0 aromatic heterocycles. The number of allylic oxidation sites excluding steroid dienone is 1. The number of hydrogen-bond acceptors (Lipinski definition) is 3. The average molecular weight is 265 g/mol. The van der Waals surface area contributed by atoms with E-state index in [0.717, 1.165) is 44.1 Å². The summed E-state index contributed by atoms with van der Waals surface area (Å²) in [5.41, 5.74) is -0.577. The SMILES string of the molecule is O=C1C2=CCCC1([N+](=O)[O-])CCCCCCCCC2. The molecule has 0 spiro atoms. The van der Waals surface area contributed by atoms with Gasteiger partial charge in [0.05, 0.1) is 0 Å². The molecular formula is C15H23NO3. The molecule has 0 aromatic rings. The highest BCUT2D eigenvalue weighted by molar-refractivity contribution is 6.02. The molecule has 4 nitrogen and oxygen atoms in total. The van der Waals surface area contributed by atoms with Gasteiger partial charge in [-0.05, 0) is 31.3 Å². The van der Waals surface area contributed by atoms with Crippen molar-refractivity contribution in [1.29, 1.82) is 0 Å². The number of rotatable bonds is 1. The average Bonchev–Trinajstić information content (AvgIpc) is 2.39. The van der Waals surface area contributed by atoms with Gasteiger partial charge in [-0.3, -0.25) is 14.9 Å². The predicted octanol–water partition coefficient (Wildman–Crippen LogP) is 3.82. The van der Waals surface area contributed by atoms with Crippen LogP contribution >= 0.6 is 0 Å². The first-order valence-electron chi connectivity index (χ1n) is 7.55. The molecule has 0 N–H and O–H groups in total. The highest BCUT2D eigenvalue weighted by atomic mass is 16.6. The molecule has 1 fully saturated rings. The quantitative estimate of drug-likeness (QED) is 0.535. The van der Waals surface area contributed by atoms with E-state index in [1.54, 1.807) is 0 Å². The minimum absolute atomic E-state index is 0.190. The van der Waals surface area contributed by atoms with Crippen molar-refractivity contribution in [3.05, 3.63) is 21.8 Å². The summed E-state index contributed by atoms with van der Waals surface area (Å²) >= 11 is 0. The number of carbonyl (C=O) groups is 1. The van der Waals surface area contributed by atoms with Gasteiger partial charge in [-0.15, -0.1) is 0 Å². The second-order valence-corrected chi connectivity index (χ2v) is 5.86. The largest absolute Gasteiger partial charge is 0.286 e. The molecule has 1 unspecified atom stereocenters. The van der Waals surface area contributed by atoms with Gasteiger partial charge < -0.3 is 0 Å². The Labute approximate surface area is 114 Å². The van der Waals surface area contributed by atoms with E-state index in [1.807, 2.05) is 6.08 Å². The van der Waals surface area contributed by atoms with Gasteiger partial charge in [-0.25, -0.2) is 0 Å². The van der Waals surface area contributed by atoms with Crippen LogP contribution in [0.15, 0.2) is 11.6 Å². The first-order valence-corrected chi connectivity index (χ1v) is 7.55. The van der Waals surface area contributed by atoms with Gasteiger partial charge in [0, 0.05) is 17.8 Å². The molecule has 1 saturated carbocycles. The number of hydrogen-bond donors (Lipinski definition) is 0. The zero-order valence-corrected chi connectivity index (χ0v) is 11.5. The molecule has 4 heteroatoms. The topological polar surface area (TPSA) is 60.2 Å². The van der Waals surface area contributed by atoms with E-state index in [4.69, 9.17) is 0 Å². The fraction of sp³-hybridized carbons (Fsp3) is 0.800. The minimum Gasteiger partial charge on any atom is -0.286 e. The molecule has 2 bridgehead atoms. The molecule has 106 valence electrons. The molecular weight excluding hydrogens is 242 g/mol. The predicted molar refractivity (Wildman–Crippen MR) is 73.6 cm³/mol. The summed E-state index contributed by atoms with van der Waals surface area (Å²) in [5, 5.41) is 11.5. The molecule has 0 aliphatic heterocycles. The van der Waals surface area contributed by atoms with Crippen LogP contribution in [-0.4, -0.2) is 16.2 Å². The summed E-state index contributed by atoms with van der Waals surface area (Å²) in [6.45, 7) is 0. The summed E-state index contributed by atoms with van der Waals surface area (Å²) < 4.78 is 0. The van der Waals surface area contributed by atoms with Crippen molar-refractivity contribution in [3.63, 3.8) is 0 Å². The van der Waals surface area contributed by atoms with E-state index in [9.17, 15) is 14.9 Å². The van der Waals surface area contributed by atoms with Crippen LogP contribution in [0.5, 0.6) is 0 Å². The molecule has 2 aliphatic rings.